The van der Waals surface area contributed by atoms with E-state index in [1.165, 1.54) is 54.3 Å². The minimum absolute atomic E-state index is 0.744. The molecule has 0 radical (unpaired) electrons. The van der Waals surface area contributed by atoms with Gasteiger partial charge in [0.05, 0.1) is 25.3 Å². The molecule has 1 aliphatic carbocycles. The molecule has 3 heteroatoms. The van der Waals surface area contributed by atoms with Gasteiger partial charge in [0.1, 0.15) is 6.04 Å². The number of benzene rings is 1. The molecular formula is C16H20BrN2+. The number of likely N-dealkylation sites (N-methyl/N-ethyl adjacent to an activating group) is 1. The summed E-state index contributed by atoms with van der Waals surface area (Å²) in [5, 5.41) is 1.49. The minimum atomic E-state index is 0.744. The van der Waals surface area contributed by atoms with Gasteiger partial charge in [0.15, 0.2) is 0 Å². The molecule has 1 unspecified atom stereocenters. The smallest absolute Gasteiger partial charge is 0.129 e. The third kappa shape index (κ3) is 1.64. The predicted molar refractivity (Wildman–Crippen MR) is 81.7 cm³/mol. The zero-order chi connectivity index (χ0) is 13.0. The summed E-state index contributed by atoms with van der Waals surface area (Å²) in [7, 11) is 0. The van der Waals surface area contributed by atoms with E-state index in [0.29, 0.717) is 0 Å². The first-order valence-corrected chi connectivity index (χ1v) is 8.24. The highest BCUT2D eigenvalue weighted by Gasteiger charge is 2.36. The average molecular weight is 320 g/mol. The van der Waals surface area contributed by atoms with Gasteiger partial charge in [0.2, 0.25) is 0 Å². The van der Waals surface area contributed by atoms with Gasteiger partial charge in [-0.2, -0.15) is 0 Å². The maximum atomic E-state index is 3.63. The first-order valence-electron chi connectivity index (χ1n) is 7.44. The Kier molecular flexibility index (Phi) is 2.75. The van der Waals surface area contributed by atoms with Crippen LogP contribution in [0.5, 0.6) is 0 Å². The van der Waals surface area contributed by atoms with Crippen LogP contribution in [0.1, 0.15) is 37.1 Å². The topological polar surface area (TPSA) is 9.37 Å². The Morgan fingerprint density at radius 1 is 1.42 bits per heavy atom. The Hall–Kier alpha value is -0.800. The summed E-state index contributed by atoms with van der Waals surface area (Å²) in [6.45, 7) is 6.06. The Labute approximate surface area is 122 Å². The Morgan fingerprint density at radius 2 is 2.32 bits per heavy atom. The maximum absolute atomic E-state index is 3.63. The Bertz CT molecular complexity index is 644. The molecule has 0 bridgehead atoms. The van der Waals surface area contributed by atoms with Gasteiger partial charge in [-0.15, -0.1) is 0 Å². The maximum Gasteiger partial charge on any atom is 0.129 e. The number of halogens is 1. The van der Waals surface area contributed by atoms with E-state index >= 15 is 0 Å². The van der Waals surface area contributed by atoms with Gasteiger partial charge in [0.25, 0.3) is 0 Å². The quantitative estimate of drug-likeness (QED) is 0.828. The number of quaternary nitrogens is 1. The highest BCUT2D eigenvalue weighted by atomic mass is 79.9. The van der Waals surface area contributed by atoms with Crippen LogP contribution >= 0.6 is 15.9 Å². The second kappa shape index (κ2) is 4.35. The standard InChI is InChI=1S/C16H19BrN2/c1-2-18-8-9-19-14-7-6-11(17)10-13(14)12-4-3-5-15(18)16(12)19/h6-7,10,15H,2-5,8-9H2,1H3/p+1/t15-/m1/s1. The van der Waals surface area contributed by atoms with Crippen LogP contribution in [-0.2, 0) is 13.0 Å². The molecule has 1 aromatic carbocycles. The van der Waals surface area contributed by atoms with Crippen LogP contribution in [0.3, 0.4) is 0 Å². The van der Waals surface area contributed by atoms with Crippen molar-refractivity contribution in [2.45, 2.75) is 38.8 Å². The molecule has 100 valence electrons. The lowest BCUT2D eigenvalue weighted by atomic mass is 9.90. The normalized spacial score (nSPS) is 25.6. The van der Waals surface area contributed by atoms with Crippen molar-refractivity contribution in [2.75, 3.05) is 13.1 Å². The van der Waals surface area contributed by atoms with Gasteiger partial charge in [-0.05, 0) is 43.5 Å². The molecule has 0 amide bonds. The van der Waals surface area contributed by atoms with E-state index in [2.05, 4.69) is 45.6 Å². The highest BCUT2D eigenvalue weighted by Crippen LogP contribution is 2.38. The molecule has 0 saturated carbocycles. The predicted octanol–water partition coefficient (Wildman–Crippen LogP) is 2.70. The first kappa shape index (κ1) is 12.0. The van der Waals surface area contributed by atoms with Crippen LogP contribution in [0.15, 0.2) is 22.7 Å². The van der Waals surface area contributed by atoms with Crippen LogP contribution in [0, 0.1) is 0 Å². The lowest BCUT2D eigenvalue weighted by Gasteiger charge is -2.36. The molecule has 1 N–H and O–H groups in total. The second-order valence-corrected chi connectivity index (χ2v) is 6.80. The first-order chi connectivity index (χ1) is 9.29. The van der Waals surface area contributed by atoms with E-state index in [1.54, 1.807) is 16.2 Å². The molecule has 19 heavy (non-hydrogen) atoms. The fourth-order valence-corrected chi connectivity index (χ4v) is 4.55. The largest absolute Gasteiger partial charge is 0.334 e. The van der Waals surface area contributed by atoms with E-state index in [0.717, 1.165) is 6.04 Å². The van der Waals surface area contributed by atoms with Crippen LogP contribution in [0.2, 0.25) is 0 Å². The molecular weight excluding hydrogens is 300 g/mol. The third-order valence-electron chi connectivity index (χ3n) is 5.03. The van der Waals surface area contributed by atoms with Crippen molar-refractivity contribution in [3.8, 4) is 0 Å². The molecule has 2 atom stereocenters. The van der Waals surface area contributed by atoms with Crippen molar-refractivity contribution in [1.82, 2.24) is 4.57 Å². The SMILES string of the molecule is CC[NH+]1CCn2c3c(c4cc(Br)ccc42)CCC[C@H]31. The molecule has 4 rings (SSSR count). The number of nitrogens with one attached hydrogen (secondary N) is 1. The fraction of sp³-hybridized carbons (Fsp3) is 0.500. The number of hydrogen-bond donors (Lipinski definition) is 1. The number of aryl methyl sites for hydroxylation is 1. The molecule has 2 aliphatic rings. The second-order valence-electron chi connectivity index (χ2n) is 5.88. The van der Waals surface area contributed by atoms with Crippen LogP contribution in [0.4, 0.5) is 0 Å². The summed E-state index contributed by atoms with van der Waals surface area (Å²) >= 11 is 3.63. The molecule has 2 heterocycles. The van der Waals surface area contributed by atoms with Crippen molar-refractivity contribution in [1.29, 1.82) is 0 Å². The molecule has 1 aromatic heterocycles. The lowest BCUT2D eigenvalue weighted by Crippen LogP contribution is -3.13. The molecule has 0 spiro atoms. The third-order valence-corrected chi connectivity index (χ3v) is 5.52. The Balaban J connectivity index is 2.01. The van der Waals surface area contributed by atoms with Crippen molar-refractivity contribution in [3.05, 3.63) is 33.9 Å². The van der Waals surface area contributed by atoms with E-state index < -0.39 is 0 Å². The Morgan fingerprint density at radius 3 is 3.16 bits per heavy atom. The molecule has 0 fully saturated rings. The number of rotatable bonds is 1. The van der Waals surface area contributed by atoms with Crippen LogP contribution in [-0.4, -0.2) is 17.7 Å². The van der Waals surface area contributed by atoms with Gasteiger partial charge in [0, 0.05) is 21.8 Å². The van der Waals surface area contributed by atoms with E-state index in [1.807, 2.05) is 0 Å². The minimum Gasteiger partial charge on any atom is -0.334 e. The van der Waals surface area contributed by atoms with Gasteiger partial charge in [-0.1, -0.05) is 15.9 Å². The molecule has 1 aliphatic heterocycles. The summed E-state index contributed by atoms with van der Waals surface area (Å²) in [6.07, 6.45) is 3.99. The van der Waals surface area contributed by atoms with E-state index in [-0.39, 0.29) is 0 Å². The van der Waals surface area contributed by atoms with E-state index in [9.17, 15) is 0 Å². The lowest BCUT2D eigenvalue weighted by molar-refractivity contribution is -0.935. The zero-order valence-corrected chi connectivity index (χ0v) is 13.0. The van der Waals surface area contributed by atoms with Crippen LogP contribution < -0.4 is 4.90 Å². The van der Waals surface area contributed by atoms with Crippen molar-refractivity contribution < 1.29 is 4.90 Å². The molecule has 2 aromatic rings. The van der Waals surface area contributed by atoms with Crippen molar-refractivity contribution in [2.24, 2.45) is 0 Å². The van der Waals surface area contributed by atoms with Crippen molar-refractivity contribution in [3.63, 3.8) is 0 Å². The summed E-state index contributed by atoms with van der Waals surface area (Å²) in [4.78, 5) is 1.79. The molecule has 2 nitrogen and oxygen atoms in total. The summed E-state index contributed by atoms with van der Waals surface area (Å²) in [5.74, 6) is 0. The van der Waals surface area contributed by atoms with Gasteiger partial charge in [-0.3, -0.25) is 0 Å². The van der Waals surface area contributed by atoms with Crippen molar-refractivity contribution >= 4 is 26.8 Å². The fourth-order valence-electron chi connectivity index (χ4n) is 4.19. The van der Waals surface area contributed by atoms with E-state index in [4.69, 9.17) is 0 Å². The number of hydrogen-bond acceptors (Lipinski definition) is 0. The molecule has 0 saturated heterocycles. The zero-order valence-electron chi connectivity index (χ0n) is 11.4. The number of aromatic nitrogens is 1. The number of nitrogens with zero attached hydrogens (tertiary/aromatic N) is 1. The highest BCUT2D eigenvalue weighted by molar-refractivity contribution is 9.10. The van der Waals surface area contributed by atoms with Gasteiger partial charge >= 0.3 is 0 Å². The average Bonchev–Trinajstić information content (AvgIpc) is 2.75. The summed E-state index contributed by atoms with van der Waals surface area (Å²) in [5.41, 5.74) is 4.75. The van der Waals surface area contributed by atoms with Gasteiger partial charge < -0.3 is 9.47 Å². The summed E-state index contributed by atoms with van der Waals surface area (Å²) < 4.78 is 3.82. The number of fused-ring (bicyclic) bond motifs is 3. The summed E-state index contributed by atoms with van der Waals surface area (Å²) in [6, 6.07) is 7.55. The monoisotopic (exact) mass is 319 g/mol. The van der Waals surface area contributed by atoms with Crippen LogP contribution in [0.25, 0.3) is 10.9 Å². The van der Waals surface area contributed by atoms with Gasteiger partial charge in [-0.25, -0.2) is 0 Å².